The van der Waals surface area contributed by atoms with Crippen LogP contribution in [0.5, 0.6) is 0 Å². The first-order valence-electron chi connectivity index (χ1n) is 23.6. The molecule has 8 N–H and O–H groups in total. The number of carboxylic acids is 3. The zero-order valence-corrected chi connectivity index (χ0v) is 41.7. The largest absolute Gasteiger partial charge is 0.481 e. The highest BCUT2D eigenvalue weighted by atomic mass is 16.6. The Kier molecular flexibility index (Phi) is 16.6. The fourth-order valence-corrected chi connectivity index (χ4v) is 10.9. The number of Topliss-reactive ketones (excluding diaryl/α,β-unsaturated/α-hetero) is 1. The van der Waals surface area contributed by atoms with Crippen molar-refractivity contribution in [3.63, 3.8) is 0 Å². The molecule has 3 aromatic rings. The number of hydrogen-bond donors (Lipinski definition) is 8. The molecular formula is C53H59NO21. The van der Waals surface area contributed by atoms with Crippen molar-refractivity contribution in [2.45, 2.75) is 127 Å². The zero-order chi connectivity index (χ0) is 55.6. The molecular weight excluding hydrogens is 987 g/mol. The molecule has 402 valence electrons. The van der Waals surface area contributed by atoms with Crippen LogP contribution in [-0.2, 0) is 57.2 Å². The first-order chi connectivity index (χ1) is 35.0. The molecule has 3 aromatic carbocycles. The maximum Gasteiger partial charge on any atom is 0.338 e. The monoisotopic (exact) mass is 1050 g/mol. The number of rotatable bonds is 15. The number of ketones is 1. The summed E-state index contributed by atoms with van der Waals surface area (Å²) in [5.74, 6) is -11.9. The van der Waals surface area contributed by atoms with Crippen LogP contribution in [0.1, 0.15) is 99.5 Å². The number of carbonyl (C=O) groups excluding carboxylic acids is 6. The molecule has 1 aliphatic heterocycles. The molecule has 22 nitrogen and oxygen atoms in total. The van der Waals surface area contributed by atoms with Crippen LogP contribution in [0.2, 0.25) is 0 Å². The fourth-order valence-electron chi connectivity index (χ4n) is 10.9. The summed E-state index contributed by atoms with van der Waals surface area (Å²) < 4.78 is 30.3. The van der Waals surface area contributed by atoms with Crippen molar-refractivity contribution >= 4 is 53.5 Å². The maximum absolute atomic E-state index is 15.5. The van der Waals surface area contributed by atoms with E-state index in [2.05, 4.69) is 5.32 Å². The van der Waals surface area contributed by atoms with Gasteiger partial charge in [0.1, 0.15) is 23.9 Å². The zero-order valence-electron chi connectivity index (χ0n) is 41.7. The van der Waals surface area contributed by atoms with Crippen LogP contribution >= 0.6 is 0 Å². The Morgan fingerprint density at radius 1 is 0.787 bits per heavy atom. The summed E-state index contributed by atoms with van der Waals surface area (Å²) >= 11 is 0. The van der Waals surface area contributed by atoms with Gasteiger partial charge in [0.25, 0.3) is 5.91 Å². The highest BCUT2D eigenvalue weighted by Crippen LogP contribution is 2.64. The van der Waals surface area contributed by atoms with Crippen molar-refractivity contribution in [1.29, 1.82) is 0 Å². The van der Waals surface area contributed by atoms with Gasteiger partial charge in [0.15, 0.2) is 29.2 Å². The first kappa shape index (κ1) is 56.9. The third-order valence-electron chi connectivity index (χ3n) is 14.8. The van der Waals surface area contributed by atoms with Crippen molar-refractivity contribution in [3.05, 3.63) is 119 Å². The van der Waals surface area contributed by atoms with E-state index in [1.165, 1.54) is 26.0 Å². The number of nitrogens with one attached hydrogen (secondary N) is 1. The summed E-state index contributed by atoms with van der Waals surface area (Å²) in [4.78, 5) is 114. The quantitative estimate of drug-likeness (QED) is 0.0616. The van der Waals surface area contributed by atoms with E-state index < -0.39 is 149 Å². The second-order valence-electron chi connectivity index (χ2n) is 19.8. The fraction of sp³-hybridized carbons (Fsp3) is 0.453. The van der Waals surface area contributed by atoms with E-state index in [0.29, 0.717) is 5.56 Å². The SMILES string of the molecule is CC(=O)O[C@H]1C(=O)[C@@]2(C)[C@H]([C@H](OC(=O)c3ccccc3)[C@]3(O)C[C@H](OC(=O)[C@H](O)[C@@H](NC(=O)c4ccccc4)c4ccccc4)C(C)=C1C3(C)C)[C@]1(OC(C)=O)CO[C@@H]1C[C@@H]2O.O=C(O)CC(O)(CC(=O)O)C(=O)O. The maximum atomic E-state index is 15.5. The lowest BCUT2D eigenvalue weighted by atomic mass is 9.44. The average Bonchev–Trinajstić information content (AvgIpc) is 3.34. The molecule has 0 spiro atoms. The lowest BCUT2D eigenvalue weighted by Gasteiger charge is -2.67. The minimum atomic E-state index is -2.74. The Labute approximate surface area is 429 Å². The number of fused-ring (bicyclic) bond motifs is 5. The van der Waals surface area contributed by atoms with Crippen molar-refractivity contribution in [2.75, 3.05) is 6.61 Å². The molecule has 22 heteroatoms. The van der Waals surface area contributed by atoms with E-state index in [0.717, 1.165) is 13.8 Å². The number of ether oxygens (including phenoxy) is 5. The summed E-state index contributed by atoms with van der Waals surface area (Å²) in [5, 5.41) is 74.0. The number of aliphatic carboxylic acids is 3. The predicted octanol–water partition coefficient (Wildman–Crippen LogP) is 2.49. The molecule has 2 bridgehead atoms. The summed E-state index contributed by atoms with van der Waals surface area (Å²) in [7, 11) is 0. The molecule has 3 aliphatic carbocycles. The van der Waals surface area contributed by atoms with Gasteiger partial charge in [-0.3, -0.25) is 28.8 Å². The molecule has 11 atom stereocenters. The van der Waals surface area contributed by atoms with E-state index in [4.69, 9.17) is 44.1 Å². The number of amides is 1. The van der Waals surface area contributed by atoms with Crippen molar-refractivity contribution in [3.8, 4) is 0 Å². The number of hydrogen-bond acceptors (Lipinski definition) is 18. The van der Waals surface area contributed by atoms with Gasteiger partial charge >= 0.3 is 41.8 Å². The second-order valence-corrected chi connectivity index (χ2v) is 19.8. The lowest BCUT2D eigenvalue weighted by molar-refractivity contribution is -0.346. The average molecular weight is 1050 g/mol. The van der Waals surface area contributed by atoms with Crippen LogP contribution in [0, 0.1) is 16.7 Å². The highest BCUT2D eigenvalue weighted by Gasteiger charge is 2.78. The van der Waals surface area contributed by atoms with Crippen LogP contribution in [0.15, 0.2) is 102 Å². The summed E-state index contributed by atoms with van der Waals surface area (Å²) in [6.45, 7) is 7.97. The lowest BCUT2D eigenvalue weighted by Crippen LogP contribution is -2.82. The van der Waals surface area contributed by atoms with Gasteiger partial charge < -0.3 is 64.7 Å². The Hall–Kier alpha value is -7.37. The molecule has 1 heterocycles. The normalized spacial score (nSPS) is 28.2. The molecule has 1 amide bonds. The van der Waals surface area contributed by atoms with E-state index >= 15 is 4.79 Å². The Morgan fingerprint density at radius 2 is 1.32 bits per heavy atom. The molecule has 7 rings (SSSR count). The molecule has 4 aliphatic rings. The first-order valence-corrected chi connectivity index (χ1v) is 23.6. The van der Waals surface area contributed by atoms with Crippen LogP contribution < -0.4 is 5.32 Å². The molecule has 0 radical (unpaired) electrons. The highest BCUT2D eigenvalue weighted by molar-refractivity contribution is 5.96. The smallest absolute Gasteiger partial charge is 0.338 e. The molecule has 3 fully saturated rings. The molecule has 0 unspecified atom stereocenters. The van der Waals surface area contributed by atoms with Gasteiger partial charge in [0.2, 0.25) is 0 Å². The molecule has 75 heavy (non-hydrogen) atoms. The van der Waals surface area contributed by atoms with Crippen LogP contribution in [-0.4, -0.2) is 149 Å². The van der Waals surface area contributed by atoms with E-state index in [1.54, 1.807) is 92.7 Å². The van der Waals surface area contributed by atoms with Crippen molar-refractivity contribution in [2.24, 2.45) is 16.7 Å². The van der Waals surface area contributed by atoms with Gasteiger partial charge in [-0.2, -0.15) is 0 Å². The number of esters is 4. The number of carbonyl (C=O) groups is 9. The molecule has 2 saturated carbocycles. The Balaban J connectivity index is 0.000000620. The Bertz CT molecular complexity index is 2730. The van der Waals surface area contributed by atoms with Crippen LogP contribution in [0.3, 0.4) is 0 Å². The Morgan fingerprint density at radius 3 is 1.80 bits per heavy atom. The second kappa shape index (κ2) is 21.8. The summed E-state index contributed by atoms with van der Waals surface area (Å²) in [6.07, 6.45) is -12.8. The number of benzene rings is 3. The third-order valence-corrected chi connectivity index (χ3v) is 14.8. The topological polar surface area (TPSA) is 353 Å². The number of aliphatic hydroxyl groups is 4. The van der Waals surface area contributed by atoms with Crippen molar-refractivity contribution < 1.29 is 103 Å². The third kappa shape index (κ3) is 10.9. The minimum absolute atomic E-state index is 0.00289. The van der Waals surface area contributed by atoms with Crippen molar-refractivity contribution in [1.82, 2.24) is 5.32 Å². The van der Waals surface area contributed by atoms with E-state index in [9.17, 15) is 53.7 Å². The molecule has 0 aromatic heterocycles. The van der Waals surface area contributed by atoms with Gasteiger partial charge in [-0.05, 0) is 54.8 Å². The standard InChI is InChI=1S/C47H51NO14.C6H8O7/c1-25-31(60-43(56)36(52)35(28-16-10-7-11-17-28)48-41(54)29-18-12-8-13-19-29)23-47(57)40(61-42(55)30-20-14-9-15-21-30)38-45(6,32(51)22-33-46(38,24-58-33)62-27(3)50)39(53)37(59-26(2)49)34(25)44(47,4)5;7-3(8)1-6(13,5(11)12)2-4(9)10/h7-21,31-33,35-38,40,51-52,57H,22-24H2,1-6H3,(H,48,54);13H,1-2H2,(H,7,8)(H,9,10)(H,11,12)/t31-,32-,33+,35-,36+,37+,38-,40-,45+,46-,47+;/m0./s1. The molecule has 1 saturated heterocycles. The number of aliphatic hydroxyl groups excluding tert-OH is 2. The van der Waals surface area contributed by atoms with Crippen LogP contribution in [0.4, 0.5) is 0 Å². The van der Waals surface area contributed by atoms with Gasteiger partial charge in [-0.25, -0.2) is 14.4 Å². The minimum Gasteiger partial charge on any atom is -0.481 e. The van der Waals surface area contributed by atoms with E-state index in [-0.39, 0.29) is 35.3 Å². The van der Waals surface area contributed by atoms with Gasteiger partial charge in [0, 0.05) is 37.7 Å². The van der Waals surface area contributed by atoms with Gasteiger partial charge in [-0.1, -0.05) is 80.6 Å². The van der Waals surface area contributed by atoms with E-state index in [1.807, 2.05) is 0 Å². The van der Waals surface area contributed by atoms with Crippen LogP contribution in [0.25, 0.3) is 0 Å². The summed E-state index contributed by atoms with van der Waals surface area (Å²) in [5.41, 5.74) is -9.76. The number of carboxylic acid groups (broad SMARTS) is 3. The van der Waals surface area contributed by atoms with Gasteiger partial charge in [0.05, 0.1) is 48.5 Å². The predicted molar refractivity (Wildman–Crippen MR) is 255 cm³/mol. The summed E-state index contributed by atoms with van der Waals surface area (Å²) in [6, 6.07) is 22.9. The van der Waals surface area contributed by atoms with Gasteiger partial charge in [-0.15, -0.1) is 0 Å².